The molecule has 3 rings (SSSR count). The van der Waals surface area contributed by atoms with Crippen molar-refractivity contribution < 1.29 is 36.9 Å². The van der Waals surface area contributed by atoms with Crippen LogP contribution in [-0.4, -0.2) is 41.2 Å². The molecule has 7 nitrogen and oxygen atoms in total. The van der Waals surface area contributed by atoms with Crippen molar-refractivity contribution in [3.05, 3.63) is 60.1 Å². The first-order valence-corrected chi connectivity index (χ1v) is 8.35. The van der Waals surface area contributed by atoms with Gasteiger partial charge in [0.2, 0.25) is 0 Å². The molecular formula is C18H17F3N3O4+. The Morgan fingerprint density at radius 1 is 1.25 bits per heavy atom. The van der Waals surface area contributed by atoms with Crippen LogP contribution in [0.25, 0.3) is 0 Å². The van der Waals surface area contributed by atoms with Gasteiger partial charge in [-0.1, -0.05) is 18.2 Å². The zero-order valence-corrected chi connectivity index (χ0v) is 14.7. The maximum absolute atomic E-state index is 14.0. The number of rotatable bonds is 5. The summed E-state index contributed by atoms with van der Waals surface area (Å²) in [7, 11) is 0. The Morgan fingerprint density at radius 3 is 2.54 bits per heavy atom. The normalized spacial score (nSPS) is 19.5. The van der Waals surface area contributed by atoms with Gasteiger partial charge >= 0.3 is 23.8 Å². The summed E-state index contributed by atoms with van der Waals surface area (Å²) in [5.74, 6) is -1.24. The SMILES string of the molecule is CCOC(=O)N[C@]1(C(F)(F)F)[NH+]=C(c2ccccc2)N(Cc2ccco2)C1=O. The summed E-state index contributed by atoms with van der Waals surface area (Å²) in [4.78, 5) is 27.8. The average molecular weight is 396 g/mol. The van der Waals surface area contributed by atoms with Crippen LogP contribution in [0.2, 0.25) is 0 Å². The van der Waals surface area contributed by atoms with Gasteiger partial charge in [-0.05, 0) is 31.2 Å². The zero-order chi connectivity index (χ0) is 20.4. The molecule has 10 heteroatoms. The predicted molar refractivity (Wildman–Crippen MR) is 89.7 cm³/mol. The van der Waals surface area contributed by atoms with Crippen LogP contribution >= 0.6 is 0 Å². The maximum atomic E-state index is 14.0. The second kappa shape index (κ2) is 7.37. The highest BCUT2D eigenvalue weighted by Crippen LogP contribution is 2.30. The lowest BCUT2D eigenvalue weighted by Crippen LogP contribution is -2.96. The van der Waals surface area contributed by atoms with E-state index >= 15 is 0 Å². The fourth-order valence-corrected chi connectivity index (χ4v) is 2.80. The number of alkyl halides is 3. The summed E-state index contributed by atoms with van der Waals surface area (Å²) in [6.07, 6.45) is -5.17. The Bertz CT molecular complexity index is 881. The van der Waals surface area contributed by atoms with Crippen molar-refractivity contribution in [1.29, 1.82) is 0 Å². The monoisotopic (exact) mass is 396 g/mol. The van der Waals surface area contributed by atoms with Gasteiger partial charge in [-0.3, -0.25) is 5.32 Å². The molecule has 1 aromatic heterocycles. The van der Waals surface area contributed by atoms with Crippen molar-refractivity contribution in [2.45, 2.75) is 25.3 Å². The second-order valence-corrected chi connectivity index (χ2v) is 5.90. The van der Waals surface area contributed by atoms with E-state index in [1.165, 1.54) is 19.3 Å². The summed E-state index contributed by atoms with van der Waals surface area (Å²) in [5, 5.41) is 1.65. The topological polar surface area (TPSA) is 85.8 Å². The predicted octanol–water partition coefficient (Wildman–Crippen LogP) is 1.15. The van der Waals surface area contributed by atoms with Crippen LogP contribution in [0.5, 0.6) is 0 Å². The molecule has 2 amide bonds. The summed E-state index contributed by atoms with van der Waals surface area (Å²) in [6.45, 7) is 1.03. The molecule has 2 heterocycles. The van der Waals surface area contributed by atoms with Crippen molar-refractivity contribution in [3.63, 3.8) is 0 Å². The minimum absolute atomic E-state index is 0.115. The third-order valence-corrected chi connectivity index (χ3v) is 4.07. The van der Waals surface area contributed by atoms with E-state index in [9.17, 15) is 22.8 Å². The van der Waals surface area contributed by atoms with Crippen LogP contribution in [-0.2, 0) is 16.1 Å². The summed E-state index contributed by atoms with van der Waals surface area (Å²) in [5.41, 5.74) is -3.03. The first-order chi connectivity index (χ1) is 13.3. The number of nitrogens with zero attached hydrogens (tertiary/aromatic N) is 1. The van der Waals surface area contributed by atoms with E-state index < -0.39 is 23.8 Å². The quantitative estimate of drug-likeness (QED) is 0.794. The van der Waals surface area contributed by atoms with Gasteiger partial charge in [-0.2, -0.15) is 18.1 Å². The third kappa shape index (κ3) is 3.45. The van der Waals surface area contributed by atoms with Crippen molar-refractivity contribution in [2.75, 3.05) is 6.61 Å². The van der Waals surface area contributed by atoms with E-state index in [1.54, 1.807) is 41.7 Å². The number of carbonyl (C=O) groups is 2. The molecule has 0 bridgehead atoms. The number of amidine groups is 1. The van der Waals surface area contributed by atoms with Crippen LogP contribution in [0.3, 0.4) is 0 Å². The maximum Gasteiger partial charge on any atom is 0.465 e. The number of ether oxygens (including phenoxy) is 1. The molecule has 0 saturated heterocycles. The Kier molecular flexibility index (Phi) is 5.12. The highest BCUT2D eigenvalue weighted by Gasteiger charge is 2.72. The van der Waals surface area contributed by atoms with E-state index in [2.05, 4.69) is 9.73 Å². The lowest BCUT2D eigenvalue weighted by atomic mass is 10.1. The van der Waals surface area contributed by atoms with Gasteiger partial charge in [0.1, 0.15) is 5.76 Å². The molecule has 2 N–H and O–H groups in total. The lowest BCUT2D eigenvalue weighted by Gasteiger charge is -2.24. The van der Waals surface area contributed by atoms with E-state index in [4.69, 9.17) is 4.42 Å². The van der Waals surface area contributed by atoms with Crippen molar-refractivity contribution in [2.24, 2.45) is 0 Å². The Labute approximate surface area is 157 Å². The highest BCUT2D eigenvalue weighted by molar-refractivity contribution is 6.10. The van der Waals surface area contributed by atoms with Gasteiger partial charge in [0.05, 0.1) is 18.4 Å². The first-order valence-electron chi connectivity index (χ1n) is 8.35. The molecule has 0 aliphatic carbocycles. The highest BCUT2D eigenvalue weighted by atomic mass is 19.4. The van der Waals surface area contributed by atoms with Gasteiger partial charge in [-0.25, -0.2) is 14.6 Å². The van der Waals surface area contributed by atoms with E-state index in [-0.39, 0.29) is 24.7 Å². The fourth-order valence-electron chi connectivity index (χ4n) is 2.80. The van der Waals surface area contributed by atoms with Gasteiger partial charge < -0.3 is 9.15 Å². The molecular weight excluding hydrogens is 379 g/mol. The molecule has 1 aliphatic rings. The zero-order valence-electron chi connectivity index (χ0n) is 14.7. The van der Waals surface area contributed by atoms with E-state index in [1.807, 2.05) is 0 Å². The fraction of sp³-hybridized carbons (Fsp3) is 0.278. The average Bonchev–Trinajstić information content (AvgIpc) is 3.25. The molecule has 148 valence electrons. The number of alkyl carbamates (subject to hydrolysis) is 1. The number of furan rings is 1. The molecule has 28 heavy (non-hydrogen) atoms. The van der Waals surface area contributed by atoms with E-state index in [0.29, 0.717) is 5.56 Å². The minimum Gasteiger partial charge on any atom is -0.465 e. The van der Waals surface area contributed by atoms with E-state index in [0.717, 1.165) is 4.90 Å². The van der Waals surface area contributed by atoms with Gasteiger partial charge in [0.15, 0.2) is 6.54 Å². The van der Waals surface area contributed by atoms with Crippen LogP contribution in [0.4, 0.5) is 18.0 Å². The third-order valence-electron chi connectivity index (χ3n) is 4.07. The number of halogens is 3. The van der Waals surface area contributed by atoms with Crippen molar-refractivity contribution in [3.8, 4) is 0 Å². The van der Waals surface area contributed by atoms with Crippen LogP contribution < -0.4 is 10.3 Å². The molecule has 0 spiro atoms. The largest absolute Gasteiger partial charge is 0.465 e. The number of hydrogen-bond donors (Lipinski definition) is 2. The number of benzene rings is 1. The molecule has 0 unspecified atom stereocenters. The van der Waals surface area contributed by atoms with Crippen molar-refractivity contribution in [1.82, 2.24) is 10.2 Å². The van der Waals surface area contributed by atoms with Crippen molar-refractivity contribution >= 4 is 17.8 Å². The molecule has 0 fully saturated rings. The molecule has 1 atom stereocenters. The number of nitrogens with one attached hydrogen (secondary N) is 2. The number of carbonyl (C=O) groups excluding carboxylic acids is 2. The van der Waals surface area contributed by atoms with Crippen LogP contribution in [0.15, 0.2) is 53.1 Å². The van der Waals surface area contributed by atoms with Gasteiger partial charge in [0, 0.05) is 0 Å². The second-order valence-electron chi connectivity index (χ2n) is 5.90. The Balaban J connectivity index is 2.10. The first kappa shape index (κ1) is 19.5. The standard InChI is InChI=1S/C18H16F3N3O4/c1-2-27-16(26)23-17(18(19,20)21)15(25)24(11-13-9-6-10-28-13)14(22-17)12-7-4-3-5-8-12/h3-10H,2,11H2,1H3,(H,23,26)/p+1/t17-/m1/s1. The Morgan fingerprint density at radius 2 is 1.96 bits per heavy atom. The molecule has 0 saturated carbocycles. The van der Waals surface area contributed by atoms with Gasteiger partial charge in [0.25, 0.3) is 5.84 Å². The lowest BCUT2D eigenvalue weighted by molar-refractivity contribution is -0.581. The molecule has 1 aliphatic heterocycles. The van der Waals surface area contributed by atoms with Gasteiger partial charge in [-0.15, -0.1) is 0 Å². The molecule has 0 radical (unpaired) electrons. The summed E-state index contributed by atoms with van der Waals surface area (Å²) < 4.78 is 51.7. The molecule has 2 aromatic rings. The molecule has 1 aromatic carbocycles. The van der Waals surface area contributed by atoms with Crippen LogP contribution in [0.1, 0.15) is 18.2 Å². The summed E-state index contributed by atoms with van der Waals surface area (Å²) >= 11 is 0. The Hall–Kier alpha value is -3.30. The van der Waals surface area contributed by atoms with Crippen LogP contribution in [0, 0.1) is 0 Å². The summed E-state index contributed by atoms with van der Waals surface area (Å²) in [6, 6.07) is 11.1. The number of amides is 2. The smallest absolute Gasteiger partial charge is 0.465 e. The minimum atomic E-state index is -5.14. The number of hydrogen-bond acceptors (Lipinski definition) is 4.